The van der Waals surface area contributed by atoms with Gasteiger partial charge in [0.25, 0.3) is 0 Å². The van der Waals surface area contributed by atoms with Crippen molar-refractivity contribution < 1.29 is 4.79 Å². The number of aromatic nitrogens is 2. The lowest BCUT2D eigenvalue weighted by atomic mass is 9.97. The molecule has 0 saturated carbocycles. The van der Waals surface area contributed by atoms with Crippen molar-refractivity contribution in [2.45, 2.75) is 64.6 Å². The number of rotatable bonds is 8. The monoisotopic (exact) mass is 304 g/mol. The van der Waals surface area contributed by atoms with E-state index in [1.54, 1.807) is 6.20 Å². The van der Waals surface area contributed by atoms with Gasteiger partial charge >= 0.3 is 0 Å². The summed E-state index contributed by atoms with van der Waals surface area (Å²) in [6.07, 6.45) is 12.0. The number of nitrogens with zero attached hydrogens (tertiary/aromatic N) is 2. The minimum absolute atomic E-state index is 0.0729. The molecule has 0 spiro atoms. The third-order valence-electron chi connectivity index (χ3n) is 4.08. The van der Waals surface area contributed by atoms with E-state index in [0.717, 1.165) is 19.5 Å². The molecule has 0 aliphatic heterocycles. The molecule has 0 fully saturated rings. The molecule has 122 valence electrons. The Labute approximate surface area is 133 Å². The summed E-state index contributed by atoms with van der Waals surface area (Å²) in [7, 11) is 0. The minimum Gasteiger partial charge on any atom is -0.354 e. The molecule has 1 aliphatic rings. The molecular formula is C17H28N4O. The van der Waals surface area contributed by atoms with E-state index in [1.807, 2.05) is 23.9 Å². The van der Waals surface area contributed by atoms with Crippen molar-refractivity contribution in [3.8, 4) is 0 Å². The van der Waals surface area contributed by atoms with Crippen LogP contribution in [0.2, 0.25) is 0 Å². The molecule has 0 saturated heterocycles. The van der Waals surface area contributed by atoms with Gasteiger partial charge < -0.3 is 10.6 Å². The van der Waals surface area contributed by atoms with Crippen LogP contribution in [0.15, 0.2) is 30.1 Å². The fourth-order valence-corrected chi connectivity index (χ4v) is 2.88. The third-order valence-corrected chi connectivity index (χ3v) is 4.08. The Balaban J connectivity index is 1.64. The van der Waals surface area contributed by atoms with E-state index in [4.69, 9.17) is 0 Å². The average Bonchev–Trinajstić information content (AvgIpc) is 3.00. The van der Waals surface area contributed by atoms with Crippen molar-refractivity contribution in [1.82, 2.24) is 20.4 Å². The second-order valence-corrected chi connectivity index (χ2v) is 6.17. The number of allylic oxidation sites excluding steroid dienone is 1. The van der Waals surface area contributed by atoms with Crippen molar-refractivity contribution in [2.75, 3.05) is 6.54 Å². The van der Waals surface area contributed by atoms with Gasteiger partial charge in [-0.3, -0.25) is 9.48 Å². The molecule has 0 aromatic carbocycles. The van der Waals surface area contributed by atoms with E-state index < -0.39 is 0 Å². The molecule has 2 N–H and O–H groups in total. The predicted molar refractivity (Wildman–Crippen MR) is 88.5 cm³/mol. The normalized spacial score (nSPS) is 17.6. The number of carbonyl (C=O) groups is 1. The van der Waals surface area contributed by atoms with Gasteiger partial charge in [-0.2, -0.15) is 5.10 Å². The molecule has 1 aromatic rings. The fourth-order valence-electron chi connectivity index (χ4n) is 2.88. The summed E-state index contributed by atoms with van der Waals surface area (Å²) < 4.78 is 1.87. The van der Waals surface area contributed by atoms with Crippen LogP contribution in [0.5, 0.6) is 0 Å². The molecule has 2 rings (SSSR count). The van der Waals surface area contributed by atoms with E-state index in [2.05, 4.69) is 28.7 Å². The molecule has 2 atom stereocenters. The molecule has 1 aromatic heterocycles. The van der Waals surface area contributed by atoms with Crippen molar-refractivity contribution in [2.24, 2.45) is 0 Å². The van der Waals surface area contributed by atoms with Gasteiger partial charge in [0.05, 0.1) is 12.6 Å². The number of hydrogen-bond acceptors (Lipinski definition) is 3. The topological polar surface area (TPSA) is 59.0 Å². The summed E-state index contributed by atoms with van der Waals surface area (Å²) in [5.41, 5.74) is 1.50. The maximum atomic E-state index is 12.1. The molecule has 1 aliphatic carbocycles. The first-order valence-corrected chi connectivity index (χ1v) is 8.34. The number of nitrogens with one attached hydrogen (secondary N) is 2. The van der Waals surface area contributed by atoms with Crippen LogP contribution in [0.25, 0.3) is 0 Å². The van der Waals surface area contributed by atoms with E-state index >= 15 is 0 Å². The average molecular weight is 304 g/mol. The number of hydrogen-bond donors (Lipinski definition) is 2. The van der Waals surface area contributed by atoms with Gasteiger partial charge in [0.2, 0.25) is 5.91 Å². The predicted octanol–water partition coefficient (Wildman–Crippen LogP) is 2.26. The largest absolute Gasteiger partial charge is 0.354 e. The van der Waals surface area contributed by atoms with Gasteiger partial charge in [-0.25, -0.2) is 0 Å². The van der Waals surface area contributed by atoms with Gasteiger partial charge in [0.15, 0.2) is 0 Å². The van der Waals surface area contributed by atoms with Crippen molar-refractivity contribution in [1.29, 1.82) is 0 Å². The lowest BCUT2D eigenvalue weighted by Gasteiger charge is -2.20. The number of amides is 1. The molecule has 5 nitrogen and oxygen atoms in total. The Morgan fingerprint density at radius 1 is 1.41 bits per heavy atom. The van der Waals surface area contributed by atoms with Crippen LogP contribution in [0.3, 0.4) is 0 Å². The van der Waals surface area contributed by atoms with Gasteiger partial charge in [-0.15, -0.1) is 0 Å². The molecule has 0 unspecified atom stereocenters. The highest BCUT2D eigenvalue weighted by Gasteiger charge is 2.15. The summed E-state index contributed by atoms with van der Waals surface area (Å²) in [5.74, 6) is 0.0729. The van der Waals surface area contributed by atoms with E-state index in [1.165, 1.54) is 31.3 Å². The molecule has 5 heteroatoms. The third kappa shape index (κ3) is 5.64. The SMILES string of the molecule is C[C@H](Cn1cccn1)N[C@H](C)C(=O)NCCC1=CCCCC1. The number of carbonyl (C=O) groups excluding carboxylic acids is 1. The van der Waals surface area contributed by atoms with E-state index in [0.29, 0.717) is 0 Å². The van der Waals surface area contributed by atoms with Crippen molar-refractivity contribution in [3.05, 3.63) is 30.1 Å². The van der Waals surface area contributed by atoms with Crippen molar-refractivity contribution in [3.63, 3.8) is 0 Å². The second-order valence-electron chi connectivity index (χ2n) is 6.17. The van der Waals surface area contributed by atoms with E-state index in [9.17, 15) is 4.79 Å². The van der Waals surface area contributed by atoms with Crippen LogP contribution in [-0.2, 0) is 11.3 Å². The van der Waals surface area contributed by atoms with Crippen LogP contribution in [-0.4, -0.2) is 34.3 Å². The zero-order valence-corrected chi connectivity index (χ0v) is 13.7. The highest BCUT2D eigenvalue weighted by molar-refractivity contribution is 5.81. The zero-order valence-electron chi connectivity index (χ0n) is 13.7. The van der Waals surface area contributed by atoms with Gasteiger partial charge in [-0.1, -0.05) is 11.6 Å². The molecule has 0 bridgehead atoms. The van der Waals surface area contributed by atoms with Crippen LogP contribution >= 0.6 is 0 Å². The Bertz CT molecular complexity index is 481. The summed E-state index contributed by atoms with van der Waals surface area (Å²) in [6.45, 7) is 5.48. The lowest BCUT2D eigenvalue weighted by molar-refractivity contribution is -0.122. The molecule has 1 heterocycles. The Hall–Kier alpha value is -1.62. The Kier molecular flexibility index (Phi) is 6.65. The Morgan fingerprint density at radius 2 is 2.27 bits per heavy atom. The maximum absolute atomic E-state index is 12.1. The summed E-state index contributed by atoms with van der Waals surface area (Å²) in [6, 6.07) is 1.91. The van der Waals surface area contributed by atoms with Gasteiger partial charge in [-0.05, 0) is 52.0 Å². The lowest BCUT2D eigenvalue weighted by Crippen LogP contribution is -2.47. The molecular weight excluding hydrogens is 276 g/mol. The fraction of sp³-hybridized carbons (Fsp3) is 0.647. The first kappa shape index (κ1) is 16.7. The van der Waals surface area contributed by atoms with Crippen LogP contribution in [0.1, 0.15) is 46.0 Å². The van der Waals surface area contributed by atoms with Crippen LogP contribution in [0, 0.1) is 0 Å². The second kappa shape index (κ2) is 8.73. The van der Waals surface area contributed by atoms with Gasteiger partial charge in [0.1, 0.15) is 0 Å². The quantitative estimate of drug-likeness (QED) is 0.724. The van der Waals surface area contributed by atoms with Crippen LogP contribution < -0.4 is 10.6 Å². The van der Waals surface area contributed by atoms with Gasteiger partial charge in [0, 0.05) is 25.0 Å². The summed E-state index contributed by atoms with van der Waals surface area (Å²) >= 11 is 0. The maximum Gasteiger partial charge on any atom is 0.236 e. The van der Waals surface area contributed by atoms with Crippen LogP contribution in [0.4, 0.5) is 0 Å². The summed E-state index contributed by atoms with van der Waals surface area (Å²) in [5, 5.41) is 10.5. The molecule has 22 heavy (non-hydrogen) atoms. The first-order chi connectivity index (χ1) is 10.6. The zero-order chi connectivity index (χ0) is 15.8. The van der Waals surface area contributed by atoms with E-state index in [-0.39, 0.29) is 18.0 Å². The Morgan fingerprint density at radius 3 is 2.95 bits per heavy atom. The molecule has 1 amide bonds. The first-order valence-electron chi connectivity index (χ1n) is 8.34. The highest BCUT2D eigenvalue weighted by Crippen LogP contribution is 2.19. The highest BCUT2D eigenvalue weighted by atomic mass is 16.2. The van der Waals surface area contributed by atoms with Crippen molar-refractivity contribution >= 4 is 5.91 Å². The minimum atomic E-state index is -0.189. The summed E-state index contributed by atoms with van der Waals surface area (Å²) in [4.78, 5) is 12.1. The standard InChI is InChI=1S/C17H28N4O/c1-14(13-21-12-6-10-19-21)20-15(2)17(22)18-11-9-16-7-4-3-5-8-16/h6-7,10,12,14-15,20H,3-5,8-9,11,13H2,1-2H3,(H,18,22)/t14-,15-/m1/s1. The smallest absolute Gasteiger partial charge is 0.236 e. The molecule has 0 radical (unpaired) electrons.